The highest BCUT2D eigenvalue weighted by Gasteiger charge is 2.13. The molecule has 2 nitrogen and oxygen atoms in total. The highest BCUT2D eigenvalue weighted by molar-refractivity contribution is 9.10. The molecule has 0 amide bonds. The summed E-state index contributed by atoms with van der Waals surface area (Å²) in [5, 5.41) is 0. The van der Waals surface area contributed by atoms with Crippen LogP contribution in [0.5, 0.6) is 0 Å². The Labute approximate surface area is 128 Å². The summed E-state index contributed by atoms with van der Waals surface area (Å²) in [5.74, 6) is 4.38. The summed E-state index contributed by atoms with van der Waals surface area (Å²) < 4.78 is 27.2. The highest BCUT2D eigenvalue weighted by atomic mass is 79.9. The Morgan fingerprint density at radius 3 is 2.60 bits per heavy atom. The van der Waals surface area contributed by atoms with E-state index in [4.69, 9.17) is 5.84 Å². The van der Waals surface area contributed by atoms with Gasteiger partial charge in [-0.1, -0.05) is 28.1 Å². The van der Waals surface area contributed by atoms with Crippen molar-refractivity contribution in [3.63, 3.8) is 0 Å². The lowest BCUT2D eigenvalue weighted by molar-refractivity contribution is 0.502. The Morgan fingerprint density at radius 2 is 1.95 bits per heavy atom. The maximum atomic E-state index is 13.2. The van der Waals surface area contributed by atoms with Crippen molar-refractivity contribution < 1.29 is 8.78 Å². The Morgan fingerprint density at radius 1 is 1.15 bits per heavy atom. The first-order valence-corrected chi connectivity index (χ1v) is 7.67. The molecule has 106 valence electrons. The van der Waals surface area contributed by atoms with Gasteiger partial charge in [0.15, 0.2) is 11.6 Å². The fourth-order valence-corrected chi connectivity index (χ4v) is 3.29. The van der Waals surface area contributed by atoms with Gasteiger partial charge < -0.3 is 0 Å². The van der Waals surface area contributed by atoms with Crippen molar-refractivity contribution in [3.8, 4) is 0 Å². The monoisotopic (exact) mass is 358 g/mol. The van der Waals surface area contributed by atoms with E-state index in [1.165, 1.54) is 12.1 Å². The summed E-state index contributed by atoms with van der Waals surface area (Å²) in [6.07, 6.45) is 0. The molecule has 0 saturated heterocycles. The molecule has 2 rings (SSSR count). The molecule has 3 N–H and O–H groups in total. The molecule has 0 bridgehead atoms. The molecular formula is C14H13BrF2N2S. The smallest absolute Gasteiger partial charge is 0.159 e. The Hall–Kier alpha value is -0.950. The molecular weight excluding hydrogens is 346 g/mol. The van der Waals surface area contributed by atoms with E-state index in [1.54, 1.807) is 11.8 Å². The molecule has 0 aliphatic rings. The third-order valence-corrected chi connectivity index (χ3v) is 4.34. The fourth-order valence-electron chi connectivity index (χ4n) is 1.71. The van der Waals surface area contributed by atoms with E-state index in [0.717, 1.165) is 15.4 Å². The number of hydrogen-bond donors (Lipinski definition) is 2. The van der Waals surface area contributed by atoms with Crippen LogP contribution in [0.15, 0.2) is 51.8 Å². The molecule has 0 spiro atoms. The molecule has 6 heteroatoms. The van der Waals surface area contributed by atoms with Gasteiger partial charge in [0.05, 0.1) is 6.04 Å². The van der Waals surface area contributed by atoms with Crippen molar-refractivity contribution in [1.82, 2.24) is 5.43 Å². The SMILES string of the molecule is NNC(CSc1cccc(Br)c1)c1ccc(F)c(F)c1. The third kappa shape index (κ3) is 4.02. The van der Waals surface area contributed by atoms with Crippen LogP contribution in [0.25, 0.3) is 0 Å². The number of hydrogen-bond acceptors (Lipinski definition) is 3. The molecule has 20 heavy (non-hydrogen) atoms. The molecule has 1 atom stereocenters. The lowest BCUT2D eigenvalue weighted by atomic mass is 10.1. The summed E-state index contributed by atoms with van der Waals surface area (Å²) in [6, 6.07) is 11.4. The summed E-state index contributed by atoms with van der Waals surface area (Å²) >= 11 is 4.99. The van der Waals surface area contributed by atoms with Crippen LogP contribution in [0.3, 0.4) is 0 Å². The van der Waals surface area contributed by atoms with Gasteiger partial charge in [0.2, 0.25) is 0 Å². The van der Waals surface area contributed by atoms with Gasteiger partial charge in [-0.25, -0.2) is 8.78 Å². The number of nitrogens with one attached hydrogen (secondary N) is 1. The van der Waals surface area contributed by atoms with E-state index in [0.29, 0.717) is 11.3 Å². The van der Waals surface area contributed by atoms with Gasteiger partial charge in [0, 0.05) is 15.1 Å². The fraction of sp³-hybridized carbons (Fsp3) is 0.143. The number of hydrazine groups is 1. The molecule has 0 fully saturated rings. The van der Waals surface area contributed by atoms with Gasteiger partial charge in [0.25, 0.3) is 0 Å². The van der Waals surface area contributed by atoms with Crippen molar-refractivity contribution in [2.75, 3.05) is 5.75 Å². The lowest BCUT2D eigenvalue weighted by Gasteiger charge is -2.16. The minimum absolute atomic E-state index is 0.255. The van der Waals surface area contributed by atoms with Crippen LogP contribution in [0.4, 0.5) is 8.78 Å². The van der Waals surface area contributed by atoms with E-state index in [9.17, 15) is 8.78 Å². The highest BCUT2D eigenvalue weighted by Crippen LogP contribution is 2.27. The molecule has 0 radical (unpaired) electrons. The minimum atomic E-state index is -0.866. The minimum Gasteiger partial charge on any atom is -0.271 e. The van der Waals surface area contributed by atoms with E-state index in [2.05, 4.69) is 21.4 Å². The zero-order valence-electron chi connectivity index (χ0n) is 10.4. The van der Waals surface area contributed by atoms with E-state index in [-0.39, 0.29) is 6.04 Å². The Balaban J connectivity index is 2.07. The molecule has 1 unspecified atom stereocenters. The van der Waals surface area contributed by atoms with Crippen molar-refractivity contribution in [3.05, 3.63) is 64.1 Å². The van der Waals surface area contributed by atoms with Crippen LogP contribution in [-0.4, -0.2) is 5.75 Å². The van der Waals surface area contributed by atoms with Crippen molar-refractivity contribution in [1.29, 1.82) is 0 Å². The van der Waals surface area contributed by atoms with Crippen LogP contribution in [0.1, 0.15) is 11.6 Å². The van der Waals surface area contributed by atoms with Crippen molar-refractivity contribution >= 4 is 27.7 Å². The van der Waals surface area contributed by atoms with Crippen LogP contribution in [0.2, 0.25) is 0 Å². The number of halogens is 3. The standard InChI is InChI=1S/C14H13BrF2N2S/c15-10-2-1-3-11(7-10)20-8-14(19-18)9-4-5-12(16)13(17)6-9/h1-7,14,19H,8,18H2. The van der Waals surface area contributed by atoms with Gasteiger partial charge in [0.1, 0.15) is 0 Å². The van der Waals surface area contributed by atoms with Gasteiger partial charge >= 0.3 is 0 Å². The maximum absolute atomic E-state index is 13.2. The second-order valence-corrected chi connectivity index (χ2v) is 6.17. The van der Waals surface area contributed by atoms with Gasteiger partial charge in [-0.2, -0.15) is 0 Å². The molecule has 0 heterocycles. The van der Waals surface area contributed by atoms with Crippen molar-refractivity contribution in [2.24, 2.45) is 5.84 Å². The molecule has 0 aliphatic heterocycles. The summed E-state index contributed by atoms with van der Waals surface area (Å²) in [5.41, 5.74) is 3.25. The zero-order valence-corrected chi connectivity index (χ0v) is 12.8. The first kappa shape index (κ1) is 15.4. The zero-order chi connectivity index (χ0) is 14.5. The van der Waals surface area contributed by atoms with E-state index in [1.807, 2.05) is 24.3 Å². The van der Waals surface area contributed by atoms with Gasteiger partial charge in [-0.05, 0) is 35.9 Å². The van der Waals surface area contributed by atoms with E-state index >= 15 is 0 Å². The lowest BCUT2D eigenvalue weighted by Crippen LogP contribution is -2.29. The number of thioether (sulfide) groups is 1. The molecule has 2 aromatic carbocycles. The molecule has 0 saturated carbocycles. The van der Waals surface area contributed by atoms with Gasteiger partial charge in [-0.15, -0.1) is 11.8 Å². The Bertz CT molecular complexity index is 595. The first-order valence-electron chi connectivity index (χ1n) is 5.89. The topological polar surface area (TPSA) is 38.0 Å². The normalized spacial score (nSPS) is 12.4. The summed E-state index contributed by atoms with van der Waals surface area (Å²) in [6.45, 7) is 0. The van der Waals surface area contributed by atoms with Crippen LogP contribution in [0, 0.1) is 11.6 Å². The van der Waals surface area contributed by atoms with Crippen molar-refractivity contribution in [2.45, 2.75) is 10.9 Å². The van der Waals surface area contributed by atoms with Crippen LogP contribution < -0.4 is 11.3 Å². The van der Waals surface area contributed by atoms with E-state index < -0.39 is 11.6 Å². The predicted octanol–water partition coefficient (Wildman–Crippen LogP) is 4.02. The number of benzene rings is 2. The van der Waals surface area contributed by atoms with Crippen LogP contribution in [-0.2, 0) is 0 Å². The number of nitrogens with two attached hydrogens (primary N) is 1. The average molecular weight is 359 g/mol. The Kier molecular flexibility index (Phi) is 5.54. The second-order valence-electron chi connectivity index (χ2n) is 4.16. The summed E-state index contributed by atoms with van der Waals surface area (Å²) in [7, 11) is 0. The largest absolute Gasteiger partial charge is 0.271 e. The average Bonchev–Trinajstić information content (AvgIpc) is 2.43. The molecule has 0 aliphatic carbocycles. The van der Waals surface area contributed by atoms with Crippen LogP contribution >= 0.6 is 27.7 Å². The predicted molar refractivity (Wildman–Crippen MR) is 81.3 cm³/mol. The molecule has 0 aromatic heterocycles. The third-order valence-electron chi connectivity index (χ3n) is 2.76. The summed E-state index contributed by atoms with van der Waals surface area (Å²) in [4.78, 5) is 1.07. The first-order chi connectivity index (χ1) is 9.60. The maximum Gasteiger partial charge on any atom is 0.159 e. The molecule has 2 aromatic rings. The second kappa shape index (κ2) is 7.17. The quantitative estimate of drug-likeness (QED) is 0.481. The van der Waals surface area contributed by atoms with Gasteiger partial charge in [-0.3, -0.25) is 11.3 Å². The number of rotatable bonds is 5.